The van der Waals surface area contributed by atoms with Crippen molar-refractivity contribution in [1.29, 1.82) is 0 Å². The molecule has 3 aromatic rings. The average Bonchev–Trinajstić information content (AvgIpc) is 3.15. The average molecular weight is 422 g/mol. The van der Waals surface area contributed by atoms with E-state index in [9.17, 15) is 15.0 Å². The highest BCUT2D eigenvalue weighted by molar-refractivity contribution is 5.98. The van der Waals surface area contributed by atoms with Gasteiger partial charge in [-0.05, 0) is 47.4 Å². The van der Waals surface area contributed by atoms with Crippen LogP contribution in [0.25, 0.3) is 11.4 Å². The third kappa shape index (κ3) is 4.45. The SMILES string of the molecule is CC(C)c1cc(-c2nnc(O)n2C(=O)c2cccc(CN3CCOCC3)c2)ccc1O. The van der Waals surface area contributed by atoms with Crippen LogP contribution in [-0.4, -0.2) is 62.1 Å². The van der Waals surface area contributed by atoms with Gasteiger partial charge in [0.15, 0.2) is 5.82 Å². The van der Waals surface area contributed by atoms with Gasteiger partial charge in [0.25, 0.3) is 5.91 Å². The number of ether oxygens (including phenoxy) is 1. The van der Waals surface area contributed by atoms with Gasteiger partial charge in [0, 0.05) is 30.8 Å². The summed E-state index contributed by atoms with van der Waals surface area (Å²) in [5, 5.41) is 28.1. The molecule has 1 aliphatic heterocycles. The smallest absolute Gasteiger partial charge is 0.322 e. The number of phenolic OH excluding ortho intramolecular Hbond substituents is 1. The lowest BCUT2D eigenvalue weighted by molar-refractivity contribution is 0.0342. The zero-order valence-electron chi connectivity index (χ0n) is 17.7. The van der Waals surface area contributed by atoms with Gasteiger partial charge in [-0.25, -0.2) is 4.57 Å². The summed E-state index contributed by atoms with van der Waals surface area (Å²) in [5.74, 6) is 0.0668. The maximum absolute atomic E-state index is 13.3. The predicted octanol–water partition coefficient (Wildman–Crippen LogP) is 3.00. The fraction of sp³-hybridized carbons (Fsp3) is 0.348. The molecule has 0 atom stereocenters. The predicted molar refractivity (Wildman–Crippen MR) is 115 cm³/mol. The van der Waals surface area contributed by atoms with Crippen molar-refractivity contribution in [2.45, 2.75) is 26.3 Å². The number of rotatable bonds is 5. The zero-order valence-corrected chi connectivity index (χ0v) is 17.7. The normalized spacial score (nSPS) is 14.8. The highest BCUT2D eigenvalue weighted by atomic mass is 16.5. The number of carbonyl (C=O) groups is 1. The fourth-order valence-corrected chi connectivity index (χ4v) is 3.76. The Morgan fingerprint density at radius 2 is 1.87 bits per heavy atom. The van der Waals surface area contributed by atoms with Crippen molar-refractivity contribution in [3.63, 3.8) is 0 Å². The quantitative estimate of drug-likeness (QED) is 0.652. The standard InChI is InChI=1S/C23H26N4O4/c1-15(2)19-13-17(6-7-20(19)28)21-24-25-23(30)27(21)22(29)18-5-3-4-16(12-18)14-26-8-10-31-11-9-26/h3-7,12-13,15,28H,8-11,14H2,1-2H3,(H,25,30). The summed E-state index contributed by atoms with van der Waals surface area (Å²) in [6, 6.07) is 11.9. The molecule has 0 spiro atoms. The Kier molecular flexibility index (Phi) is 6.01. The van der Waals surface area contributed by atoms with Gasteiger partial charge in [-0.15, -0.1) is 5.10 Å². The van der Waals surface area contributed by atoms with Crippen molar-refractivity contribution < 1.29 is 19.7 Å². The minimum atomic E-state index is -0.474. The number of aromatic hydroxyl groups is 2. The number of phenols is 1. The molecule has 2 aromatic carbocycles. The van der Waals surface area contributed by atoms with Crippen molar-refractivity contribution >= 4 is 5.91 Å². The first-order valence-electron chi connectivity index (χ1n) is 10.4. The first-order chi connectivity index (χ1) is 14.9. The summed E-state index contributed by atoms with van der Waals surface area (Å²) in [4.78, 5) is 15.6. The second-order valence-electron chi connectivity index (χ2n) is 7.98. The molecule has 0 saturated carbocycles. The summed E-state index contributed by atoms with van der Waals surface area (Å²) in [6.07, 6.45) is 0. The lowest BCUT2D eigenvalue weighted by Gasteiger charge is -2.26. The molecule has 0 radical (unpaired) electrons. The number of benzene rings is 2. The Hall–Kier alpha value is -3.23. The van der Waals surface area contributed by atoms with Crippen LogP contribution in [0.4, 0.5) is 0 Å². The van der Waals surface area contributed by atoms with Crippen LogP contribution in [0.5, 0.6) is 11.8 Å². The van der Waals surface area contributed by atoms with E-state index in [1.54, 1.807) is 24.3 Å². The maximum Gasteiger partial charge on any atom is 0.322 e. The number of aromatic nitrogens is 3. The molecule has 4 rings (SSSR count). The molecule has 2 N–H and O–H groups in total. The lowest BCUT2D eigenvalue weighted by atomic mass is 9.99. The van der Waals surface area contributed by atoms with E-state index in [1.165, 1.54) is 0 Å². The second kappa shape index (κ2) is 8.87. The second-order valence-corrected chi connectivity index (χ2v) is 7.98. The van der Waals surface area contributed by atoms with Gasteiger partial charge >= 0.3 is 6.01 Å². The third-order valence-electron chi connectivity index (χ3n) is 5.44. The van der Waals surface area contributed by atoms with E-state index >= 15 is 0 Å². The molecule has 2 heterocycles. The van der Waals surface area contributed by atoms with Crippen LogP contribution >= 0.6 is 0 Å². The van der Waals surface area contributed by atoms with E-state index in [0.717, 1.165) is 35.3 Å². The van der Waals surface area contributed by atoms with Gasteiger partial charge in [0.05, 0.1) is 13.2 Å². The van der Waals surface area contributed by atoms with Crippen molar-refractivity contribution in [2.75, 3.05) is 26.3 Å². The van der Waals surface area contributed by atoms with E-state index in [0.29, 0.717) is 24.3 Å². The van der Waals surface area contributed by atoms with Gasteiger partial charge in [0.1, 0.15) is 5.75 Å². The molecular formula is C23H26N4O4. The highest BCUT2D eigenvalue weighted by Gasteiger charge is 2.22. The zero-order chi connectivity index (χ0) is 22.0. The Labute approximate surface area is 180 Å². The van der Waals surface area contributed by atoms with Crippen molar-refractivity contribution in [2.24, 2.45) is 0 Å². The molecule has 0 aliphatic carbocycles. The number of carbonyl (C=O) groups excluding carboxylic acids is 1. The lowest BCUT2D eigenvalue weighted by Crippen LogP contribution is -2.35. The van der Waals surface area contributed by atoms with Crippen LogP contribution in [0.1, 0.15) is 41.3 Å². The first kappa shape index (κ1) is 21.0. The molecule has 0 bridgehead atoms. The number of hydrogen-bond donors (Lipinski definition) is 2. The molecule has 1 aliphatic rings. The number of morpholine rings is 1. The van der Waals surface area contributed by atoms with E-state index in [1.807, 2.05) is 32.0 Å². The minimum absolute atomic E-state index is 0.0810. The molecule has 1 fully saturated rings. The van der Waals surface area contributed by atoms with Gasteiger partial charge in [-0.3, -0.25) is 9.69 Å². The van der Waals surface area contributed by atoms with Crippen molar-refractivity contribution in [1.82, 2.24) is 19.7 Å². The fourth-order valence-electron chi connectivity index (χ4n) is 3.76. The van der Waals surface area contributed by atoms with E-state index in [2.05, 4.69) is 15.1 Å². The molecule has 0 amide bonds. The van der Waals surface area contributed by atoms with Crippen LogP contribution in [-0.2, 0) is 11.3 Å². The number of nitrogens with zero attached hydrogens (tertiary/aromatic N) is 4. The summed E-state index contributed by atoms with van der Waals surface area (Å²) in [5.41, 5.74) is 2.76. The summed E-state index contributed by atoms with van der Waals surface area (Å²) in [6.45, 7) is 7.78. The van der Waals surface area contributed by atoms with Gasteiger partial charge in [-0.1, -0.05) is 31.1 Å². The maximum atomic E-state index is 13.3. The monoisotopic (exact) mass is 422 g/mol. The third-order valence-corrected chi connectivity index (χ3v) is 5.44. The largest absolute Gasteiger partial charge is 0.508 e. The van der Waals surface area contributed by atoms with Crippen molar-refractivity contribution in [3.8, 4) is 23.1 Å². The van der Waals surface area contributed by atoms with E-state index in [4.69, 9.17) is 4.74 Å². The van der Waals surface area contributed by atoms with E-state index in [-0.39, 0.29) is 17.5 Å². The minimum Gasteiger partial charge on any atom is -0.508 e. The van der Waals surface area contributed by atoms with Gasteiger partial charge in [-0.2, -0.15) is 0 Å². The molecule has 31 heavy (non-hydrogen) atoms. The van der Waals surface area contributed by atoms with Crippen LogP contribution < -0.4 is 0 Å². The van der Waals surface area contributed by atoms with E-state index < -0.39 is 11.9 Å². The molecule has 8 heteroatoms. The number of hydrogen-bond acceptors (Lipinski definition) is 7. The Bertz CT molecular complexity index is 1090. The molecule has 162 valence electrons. The van der Waals surface area contributed by atoms with Gasteiger partial charge < -0.3 is 14.9 Å². The van der Waals surface area contributed by atoms with Crippen LogP contribution in [0, 0.1) is 0 Å². The van der Waals surface area contributed by atoms with Crippen LogP contribution in [0.15, 0.2) is 42.5 Å². The molecule has 1 saturated heterocycles. The summed E-state index contributed by atoms with van der Waals surface area (Å²) in [7, 11) is 0. The summed E-state index contributed by atoms with van der Waals surface area (Å²) < 4.78 is 6.49. The molecular weight excluding hydrogens is 396 g/mol. The first-order valence-corrected chi connectivity index (χ1v) is 10.4. The topological polar surface area (TPSA) is 101 Å². The summed E-state index contributed by atoms with van der Waals surface area (Å²) >= 11 is 0. The molecule has 8 nitrogen and oxygen atoms in total. The Morgan fingerprint density at radius 1 is 1.10 bits per heavy atom. The Morgan fingerprint density at radius 3 is 2.61 bits per heavy atom. The Balaban J connectivity index is 1.65. The van der Waals surface area contributed by atoms with Crippen molar-refractivity contribution in [3.05, 3.63) is 59.2 Å². The van der Waals surface area contributed by atoms with Gasteiger partial charge in [0.2, 0.25) is 0 Å². The van der Waals surface area contributed by atoms with Crippen LogP contribution in [0.3, 0.4) is 0 Å². The van der Waals surface area contributed by atoms with Crippen LogP contribution in [0.2, 0.25) is 0 Å². The highest BCUT2D eigenvalue weighted by Crippen LogP contribution is 2.31. The molecule has 1 aromatic heterocycles. The molecule has 0 unspecified atom stereocenters.